The van der Waals surface area contributed by atoms with Crippen molar-refractivity contribution in [1.82, 2.24) is 0 Å². The van der Waals surface area contributed by atoms with Crippen LogP contribution in [-0.4, -0.2) is 5.91 Å². The van der Waals surface area contributed by atoms with Crippen LogP contribution in [0.3, 0.4) is 0 Å². The summed E-state index contributed by atoms with van der Waals surface area (Å²) >= 11 is 0. The predicted octanol–water partition coefficient (Wildman–Crippen LogP) is 2.27. The molecule has 1 aliphatic heterocycles. The van der Waals surface area contributed by atoms with Gasteiger partial charge in [0.2, 0.25) is 5.91 Å². The number of hydrogen-bond donors (Lipinski definition) is 1. The number of carbonyl (C=O) groups excluding carboxylic acids is 1. The molecule has 82 valence electrons. The Kier molecular flexibility index (Phi) is 2.91. The van der Waals surface area contributed by atoms with E-state index in [0.29, 0.717) is 12.8 Å². The summed E-state index contributed by atoms with van der Waals surface area (Å²) in [6, 6.07) is 8.14. The zero-order valence-corrected chi connectivity index (χ0v) is 9.29. The van der Waals surface area contributed by atoms with E-state index in [9.17, 15) is 4.79 Å². The number of carbonyl (C=O) groups is 1. The maximum atomic E-state index is 11.8. The zero-order chi connectivity index (χ0) is 11.5. The number of aryl methyl sites for hydroxylation is 1. The second-order valence-electron chi connectivity index (χ2n) is 4.06. The highest BCUT2D eigenvalue weighted by Crippen LogP contribution is 2.30. The summed E-state index contributed by atoms with van der Waals surface area (Å²) in [6.07, 6.45) is 1.89. The Labute approximate surface area is 95.1 Å². The number of anilines is 1. The molecule has 0 fully saturated rings. The highest BCUT2D eigenvalue weighted by Gasteiger charge is 2.26. The lowest BCUT2D eigenvalue weighted by atomic mass is 9.89. The minimum Gasteiger partial charge on any atom is -0.325 e. The molecule has 0 aromatic heterocycles. The molecular formula is C13H14N2O. The molecule has 0 saturated heterocycles. The predicted molar refractivity (Wildman–Crippen MR) is 61.9 cm³/mol. The van der Waals surface area contributed by atoms with E-state index in [1.165, 1.54) is 5.56 Å². The van der Waals surface area contributed by atoms with Crippen molar-refractivity contribution in [2.24, 2.45) is 5.92 Å². The third-order valence-electron chi connectivity index (χ3n) is 3.04. The van der Waals surface area contributed by atoms with Crippen LogP contribution in [-0.2, 0) is 17.6 Å². The summed E-state index contributed by atoms with van der Waals surface area (Å²) in [7, 11) is 0. The van der Waals surface area contributed by atoms with Crippen molar-refractivity contribution in [2.75, 3.05) is 5.32 Å². The highest BCUT2D eigenvalue weighted by molar-refractivity contribution is 5.96. The first kappa shape index (κ1) is 10.7. The monoisotopic (exact) mass is 214 g/mol. The molecule has 1 unspecified atom stereocenters. The van der Waals surface area contributed by atoms with E-state index in [1.54, 1.807) is 0 Å². The maximum Gasteiger partial charge on any atom is 0.228 e. The van der Waals surface area contributed by atoms with Gasteiger partial charge in [0.15, 0.2) is 0 Å². The molecule has 2 rings (SSSR count). The topological polar surface area (TPSA) is 52.9 Å². The second kappa shape index (κ2) is 4.36. The SMILES string of the molecule is CCc1cccc2c1NC(=O)C(CC#N)C2. The number of rotatable bonds is 2. The van der Waals surface area contributed by atoms with E-state index in [1.807, 2.05) is 18.2 Å². The molecule has 1 aromatic carbocycles. The number of benzene rings is 1. The summed E-state index contributed by atoms with van der Waals surface area (Å²) in [5.74, 6) is -0.209. The van der Waals surface area contributed by atoms with Crippen LogP contribution in [0.2, 0.25) is 0 Å². The van der Waals surface area contributed by atoms with Crippen molar-refractivity contribution in [3.05, 3.63) is 29.3 Å². The number of hydrogen-bond acceptors (Lipinski definition) is 2. The van der Waals surface area contributed by atoms with Gasteiger partial charge < -0.3 is 5.32 Å². The van der Waals surface area contributed by atoms with Crippen LogP contribution in [0.5, 0.6) is 0 Å². The lowest BCUT2D eigenvalue weighted by Gasteiger charge is -2.24. The molecule has 3 nitrogen and oxygen atoms in total. The molecular weight excluding hydrogens is 200 g/mol. The van der Waals surface area contributed by atoms with Crippen molar-refractivity contribution in [2.45, 2.75) is 26.2 Å². The summed E-state index contributed by atoms with van der Waals surface area (Å²) < 4.78 is 0. The number of nitrogens with zero attached hydrogens (tertiary/aromatic N) is 1. The first-order chi connectivity index (χ1) is 7.76. The van der Waals surface area contributed by atoms with Crippen LogP contribution < -0.4 is 5.32 Å². The van der Waals surface area contributed by atoms with Crippen LogP contribution in [0.15, 0.2) is 18.2 Å². The summed E-state index contributed by atoms with van der Waals surface area (Å²) in [4.78, 5) is 11.8. The number of para-hydroxylation sites is 1. The van der Waals surface area contributed by atoms with Crippen LogP contribution in [0.25, 0.3) is 0 Å². The van der Waals surface area contributed by atoms with Gasteiger partial charge >= 0.3 is 0 Å². The van der Waals surface area contributed by atoms with Gasteiger partial charge in [-0.2, -0.15) is 5.26 Å². The molecule has 16 heavy (non-hydrogen) atoms. The van der Waals surface area contributed by atoms with Crippen LogP contribution >= 0.6 is 0 Å². The average molecular weight is 214 g/mol. The summed E-state index contributed by atoms with van der Waals surface area (Å²) in [5.41, 5.74) is 3.28. The minimum absolute atomic E-state index is 0.0186. The van der Waals surface area contributed by atoms with Crippen molar-refractivity contribution < 1.29 is 4.79 Å². The summed E-state index contributed by atoms with van der Waals surface area (Å²) in [5, 5.41) is 11.6. The molecule has 0 aliphatic carbocycles. The highest BCUT2D eigenvalue weighted by atomic mass is 16.1. The molecule has 0 saturated carbocycles. The third kappa shape index (κ3) is 1.79. The quantitative estimate of drug-likeness (QED) is 0.821. The normalized spacial score (nSPS) is 18.5. The van der Waals surface area contributed by atoms with E-state index in [0.717, 1.165) is 17.7 Å². The summed E-state index contributed by atoms with van der Waals surface area (Å²) in [6.45, 7) is 2.07. The number of nitriles is 1. The lowest BCUT2D eigenvalue weighted by Crippen LogP contribution is -2.30. The Morgan fingerprint density at radius 1 is 1.56 bits per heavy atom. The molecule has 0 radical (unpaired) electrons. The Balaban J connectivity index is 2.35. The van der Waals surface area contributed by atoms with E-state index in [4.69, 9.17) is 5.26 Å². The molecule has 0 bridgehead atoms. The van der Waals surface area contributed by atoms with E-state index < -0.39 is 0 Å². The first-order valence-electron chi connectivity index (χ1n) is 5.54. The van der Waals surface area contributed by atoms with Gasteiger partial charge in [-0.3, -0.25) is 4.79 Å². The molecule has 1 atom stereocenters. The Morgan fingerprint density at radius 2 is 2.38 bits per heavy atom. The largest absolute Gasteiger partial charge is 0.325 e. The van der Waals surface area contributed by atoms with Crippen LogP contribution in [0.4, 0.5) is 5.69 Å². The fourth-order valence-electron chi connectivity index (χ4n) is 2.14. The lowest BCUT2D eigenvalue weighted by molar-refractivity contribution is -0.120. The standard InChI is InChI=1S/C13H14N2O/c1-2-9-4-3-5-10-8-11(6-7-14)13(16)15-12(9)10/h3-5,11H,2,6,8H2,1H3,(H,15,16). The minimum atomic E-state index is -0.190. The molecule has 1 aromatic rings. The molecule has 1 amide bonds. The van der Waals surface area contributed by atoms with Gasteiger partial charge in [0.25, 0.3) is 0 Å². The van der Waals surface area contributed by atoms with Crippen molar-refractivity contribution in [3.63, 3.8) is 0 Å². The van der Waals surface area contributed by atoms with Gasteiger partial charge in [0.05, 0.1) is 12.0 Å². The van der Waals surface area contributed by atoms with Crippen molar-refractivity contribution in [3.8, 4) is 6.07 Å². The van der Waals surface area contributed by atoms with Crippen molar-refractivity contribution >= 4 is 11.6 Å². The maximum absolute atomic E-state index is 11.8. The Bertz CT molecular complexity index is 459. The Morgan fingerprint density at radius 3 is 3.06 bits per heavy atom. The molecule has 0 spiro atoms. The van der Waals surface area contributed by atoms with Gasteiger partial charge in [-0.1, -0.05) is 25.1 Å². The fraction of sp³-hybridized carbons (Fsp3) is 0.385. The van der Waals surface area contributed by atoms with Crippen molar-refractivity contribution in [1.29, 1.82) is 5.26 Å². The van der Waals surface area contributed by atoms with E-state index >= 15 is 0 Å². The van der Waals surface area contributed by atoms with E-state index in [-0.39, 0.29) is 11.8 Å². The zero-order valence-electron chi connectivity index (χ0n) is 9.29. The molecule has 1 N–H and O–H groups in total. The van der Waals surface area contributed by atoms with Gasteiger partial charge in [0.1, 0.15) is 0 Å². The van der Waals surface area contributed by atoms with Gasteiger partial charge in [-0.15, -0.1) is 0 Å². The average Bonchev–Trinajstić information content (AvgIpc) is 2.30. The first-order valence-corrected chi connectivity index (χ1v) is 5.54. The molecule has 1 heterocycles. The van der Waals surface area contributed by atoms with Gasteiger partial charge in [0, 0.05) is 12.1 Å². The van der Waals surface area contributed by atoms with Crippen LogP contribution in [0, 0.1) is 17.2 Å². The van der Waals surface area contributed by atoms with E-state index in [2.05, 4.69) is 18.3 Å². The smallest absolute Gasteiger partial charge is 0.228 e. The third-order valence-corrected chi connectivity index (χ3v) is 3.04. The number of fused-ring (bicyclic) bond motifs is 1. The van der Waals surface area contributed by atoms with Gasteiger partial charge in [-0.25, -0.2) is 0 Å². The van der Waals surface area contributed by atoms with Crippen LogP contribution in [0.1, 0.15) is 24.5 Å². The molecule has 3 heteroatoms. The molecule has 1 aliphatic rings. The Hall–Kier alpha value is -1.82. The fourth-order valence-corrected chi connectivity index (χ4v) is 2.14. The number of nitrogens with one attached hydrogen (secondary N) is 1. The van der Waals surface area contributed by atoms with Gasteiger partial charge in [-0.05, 0) is 24.0 Å². The number of amides is 1. The second-order valence-corrected chi connectivity index (χ2v) is 4.06.